The molecule has 0 aliphatic carbocycles. The van der Waals surface area contributed by atoms with Gasteiger partial charge in [0.2, 0.25) is 11.8 Å². The van der Waals surface area contributed by atoms with Crippen molar-refractivity contribution >= 4 is 12.4 Å². The molecule has 0 saturated heterocycles. The Hall–Kier alpha value is -3.81. The molecule has 8 heteroatoms. The highest BCUT2D eigenvalue weighted by Crippen LogP contribution is 2.31. The van der Waals surface area contributed by atoms with E-state index in [0.717, 1.165) is 5.56 Å². The highest BCUT2D eigenvalue weighted by atomic mass is 19.1. The van der Waals surface area contributed by atoms with E-state index < -0.39 is 5.95 Å². The molecule has 1 atom stereocenters. The van der Waals surface area contributed by atoms with E-state index in [2.05, 4.69) is 15.0 Å². The van der Waals surface area contributed by atoms with Crippen LogP contribution in [0.3, 0.4) is 0 Å². The summed E-state index contributed by atoms with van der Waals surface area (Å²) in [5.74, 6) is 0.350. The van der Waals surface area contributed by atoms with Crippen molar-refractivity contribution in [3.8, 4) is 28.6 Å². The number of rotatable bonds is 9. The zero-order valence-corrected chi connectivity index (χ0v) is 18.0. The number of phenols is 1. The molecule has 2 aromatic heterocycles. The molecule has 2 heterocycles. The molecule has 0 fully saturated rings. The van der Waals surface area contributed by atoms with Crippen molar-refractivity contribution < 1.29 is 23.8 Å². The number of carbonyl (C=O) groups excluding carboxylic acids is 1. The van der Waals surface area contributed by atoms with Crippen molar-refractivity contribution in [1.82, 2.24) is 15.0 Å². The Bertz CT molecular complexity index is 1100. The largest absolute Gasteiger partial charge is 0.507 e. The van der Waals surface area contributed by atoms with Crippen LogP contribution in [0.4, 0.5) is 4.39 Å². The quantitative estimate of drug-likeness (QED) is 0.301. The van der Waals surface area contributed by atoms with Crippen LogP contribution in [-0.4, -0.2) is 38.6 Å². The smallest absolute Gasteiger partial charge is 0.217 e. The second kappa shape index (κ2) is 10.5. The van der Waals surface area contributed by atoms with Gasteiger partial charge in [0.1, 0.15) is 30.2 Å². The van der Waals surface area contributed by atoms with E-state index in [9.17, 15) is 14.3 Å². The molecule has 0 bridgehead atoms. The van der Waals surface area contributed by atoms with Crippen LogP contribution >= 0.6 is 0 Å². The molecule has 1 unspecified atom stereocenters. The van der Waals surface area contributed by atoms with Crippen LogP contribution in [0.15, 0.2) is 48.9 Å². The number of pyridine rings is 1. The number of aldehydes is 1. The summed E-state index contributed by atoms with van der Waals surface area (Å²) in [6.07, 6.45) is 6.33. The Morgan fingerprint density at radius 1 is 1.09 bits per heavy atom. The third-order valence-corrected chi connectivity index (χ3v) is 4.42. The van der Waals surface area contributed by atoms with Gasteiger partial charge in [-0.15, -0.1) is 0 Å². The lowest BCUT2D eigenvalue weighted by atomic mass is 10.0. The van der Waals surface area contributed by atoms with Crippen molar-refractivity contribution in [3.05, 3.63) is 66.0 Å². The highest BCUT2D eigenvalue weighted by Gasteiger charge is 2.16. The lowest BCUT2D eigenvalue weighted by Crippen LogP contribution is -2.17. The number of ether oxygens (including phenoxy) is 2. The fraction of sp³-hybridized carbons (Fsp3) is 0.250. The molecular weight excluding hydrogens is 413 g/mol. The van der Waals surface area contributed by atoms with Crippen LogP contribution in [0, 0.1) is 5.95 Å². The van der Waals surface area contributed by atoms with Gasteiger partial charge in [0, 0.05) is 35.9 Å². The van der Waals surface area contributed by atoms with E-state index in [1.54, 1.807) is 18.2 Å². The predicted octanol–water partition coefficient (Wildman–Crippen LogP) is 4.39. The van der Waals surface area contributed by atoms with Crippen molar-refractivity contribution in [2.45, 2.75) is 39.4 Å². The van der Waals surface area contributed by atoms with Gasteiger partial charge in [-0.3, -0.25) is 4.79 Å². The van der Waals surface area contributed by atoms with Crippen molar-refractivity contribution in [2.75, 3.05) is 0 Å². The molecule has 3 aromatic rings. The molecule has 1 N–H and O–H groups in total. The lowest BCUT2D eigenvalue weighted by Gasteiger charge is -2.19. The average Bonchev–Trinajstić information content (AvgIpc) is 2.75. The van der Waals surface area contributed by atoms with E-state index in [-0.39, 0.29) is 18.0 Å². The van der Waals surface area contributed by atoms with Gasteiger partial charge >= 0.3 is 0 Å². The van der Waals surface area contributed by atoms with Crippen LogP contribution in [0.25, 0.3) is 17.3 Å². The maximum absolute atomic E-state index is 13.1. The molecule has 0 radical (unpaired) electrons. The van der Waals surface area contributed by atoms with Gasteiger partial charge in [-0.2, -0.15) is 4.39 Å². The molecule has 7 nitrogen and oxygen atoms in total. The van der Waals surface area contributed by atoms with E-state index in [1.165, 1.54) is 36.8 Å². The van der Waals surface area contributed by atoms with Crippen LogP contribution in [-0.2, 0) is 11.2 Å². The predicted molar refractivity (Wildman–Crippen MR) is 118 cm³/mol. The maximum Gasteiger partial charge on any atom is 0.217 e. The number of allylic oxidation sites excluding steroid dienone is 1. The van der Waals surface area contributed by atoms with Gasteiger partial charge < -0.3 is 14.6 Å². The SMILES string of the molecule is CC(C)Oc1cc(O)c(/C=C\C=O)cc1CC(C)Oc1cc(-c2ccc(F)nc2)ncn1. The first kappa shape index (κ1) is 22.9. The molecule has 0 saturated carbocycles. The van der Waals surface area contributed by atoms with Crippen molar-refractivity contribution in [1.29, 1.82) is 0 Å². The van der Waals surface area contributed by atoms with E-state index in [4.69, 9.17) is 9.47 Å². The Kier molecular flexibility index (Phi) is 7.49. The molecule has 0 spiro atoms. The van der Waals surface area contributed by atoms with Crippen LogP contribution < -0.4 is 9.47 Å². The zero-order chi connectivity index (χ0) is 23.1. The summed E-state index contributed by atoms with van der Waals surface area (Å²) in [6.45, 7) is 5.68. The summed E-state index contributed by atoms with van der Waals surface area (Å²) < 4.78 is 24.9. The van der Waals surface area contributed by atoms with Crippen LogP contribution in [0.5, 0.6) is 17.4 Å². The molecule has 1 aromatic carbocycles. The monoisotopic (exact) mass is 437 g/mol. The number of nitrogens with zero attached hydrogens (tertiary/aromatic N) is 3. The van der Waals surface area contributed by atoms with E-state index in [0.29, 0.717) is 41.2 Å². The Labute approximate surface area is 185 Å². The minimum Gasteiger partial charge on any atom is -0.507 e. The first-order chi connectivity index (χ1) is 15.4. The summed E-state index contributed by atoms with van der Waals surface area (Å²) in [5, 5.41) is 10.3. The number of carbonyl (C=O) groups is 1. The summed E-state index contributed by atoms with van der Waals surface area (Å²) in [5.41, 5.74) is 2.52. The molecule has 166 valence electrons. The molecule has 0 amide bonds. The summed E-state index contributed by atoms with van der Waals surface area (Å²) in [7, 11) is 0. The van der Waals surface area contributed by atoms with Gasteiger partial charge in [-0.05, 0) is 56.7 Å². The number of hydrogen-bond donors (Lipinski definition) is 1. The molecular formula is C24H24FN3O4. The second-order valence-electron chi connectivity index (χ2n) is 7.42. The third kappa shape index (κ3) is 6.10. The molecule has 0 aliphatic rings. The van der Waals surface area contributed by atoms with Crippen molar-refractivity contribution in [2.24, 2.45) is 0 Å². The van der Waals surface area contributed by atoms with E-state index >= 15 is 0 Å². The number of hydrogen-bond acceptors (Lipinski definition) is 7. The van der Waals surface area contributed by atoms with Gasteiger partial charge in [-0.25, -0.2) is 15.0 Å². The average molecular weight is 437 g/mol. The normalized spacial score (nSPS) is 12.2. The topological polar surface area (TPSA) is 94.4 Å². The summed E-state index contributed by atoms with van der Waals surface area (Å²) in [6, 6.07) is 7.81. The van der Waals surface area contributed by atoms with Crippen LogP contribution in [0.1, 0.15) is 31.9 Å². The van der Waals surface area contributed by atoms with Gasteiger partial charge in [-0.1, -0.05) is 0 Å². The fourth-order valence-corrected chi connectivity index (χ4v) is 3.08. The number of aromatic hydroxyl groups is 1. The molecule has 0 aliphatic heterocycles. The number of phenolic OH excluding ortho intramolecular Hbond substituents is 1. The molecule has 3 rings (SSSR count). The summed E-state index contributed by atoms with van der Waals surface area (Å²) >= 11 is 0. The Morgan fingerprint density at radius 3 is 2.59 bits per heavy atom. The molecule has 32 heavy (non-hydrogen) atoms. The first-order valence-electron chi connectivity index (χ1n) is 10.1. The summed E-state index contributed by atoms with van der Waals surface area (Å²) in [4.78, 5) is 22.7. The zero-order valence-electron chi connectivity index (χ0n) is 18.0. The van der Waals surface area contributed by atoms with E-state index in [1.807, 2.05) is 20.8 Å². The second-order valence-corrected chi connectivity index (χ2v) is 7.42. The van der Waals surface area contributed by atoms with Crippen LogP contribution in [0.2, 0.25) is 0 Å². The Balaban J connectivity index is 1.81. The Morgan fingerprint density at radius 2 is 1.91 bits per heavy atom. The third-order valence-electron chi connectivity index (χ3n) is 4.42. The van der Waals surface area contributed by atoms with Gasteiger partial charge in [0.25, 0.3) is 0 Å². The first-order valence-corrected chi connectivity index (χ1v) is 10.1. The number of halogens is 1. The number of aromatic nitrogens is 3. The van der Waals surface area contributed by atoms with Gasteiger partial charge in [0.05, 0.1) is 11.8 Å². The van der Waals surface area contributed by atoms with Crippen molar-refractivity contribution in [3.63, 3.8) is 0 Å². The highest BCUT2D eigenvalue weighted by molar-refractivity contribution is 5.76. The minimum absolute atomic E-state index is 0.0180. The number of benzene rings is 1. The van der Waals surface area contributed by atoms with Gasteiger partial charge in [0.15, 0.2) is 0 Å². The maximum atomic E-state index is 13.1. The minimum atomic E-state index is -0.566. The lowest BCUT2D eigenvalue weighted by molar-refractivity contribution is -0.104. The fourth-order valence-electron chi connectivity index (χ4n) is 3.08. The standard InChI is InChI=1S/C24H24FN3O4/c1-15(2)31-22-12-21(30)17(5-4-8-29)10-19(22)9-16(3)32-24-11-20(27-14-28-24)18-6-7-23(25)26-13-18/h4-8,10-16,30H,9H2,1-3H3/b5-4-.